The van der Waals surface area contributed by atoms with E-state index in [2.05, 4.69) is 43.4 Å². The van der Waals surface area contributed by atoms with E-state index in [4.69, 9.17) is 0 Å². The van der Waals surface area contributed by atoms with Crippen molar-refractivity contribution < 1.29 is 0 Å². The molecule has 1 aromatic carbocycles. The monoisotopic (exact) mass is 259 g/mol. The van der Waals surface area contributed by atoms with Gasteiger partial charge in [-0.3, -0.25) is 0 Å². The van der Waals surface area contributed by atoms with Gasteiger partial charge in [0.15, 0.2) is 0 Å². The van der Waals surface area contributed by atoms with E-state index in [1.54, 1.807) is 5.56 Å². The van der Waals surface area contributed by atoms with Crippen LogP contribution in [0.3, 0.4) is 0 Å². The molecule has 0 spiro atoms. The summed E-state index contributed by atoms with van der Waals surface area (Å²) in [6.45, 7) is 5.68. The van der Waals surface area contributed by atoms with Gasteiger partial charge >= 0.3 is 0 Å². The van der Waals surface area contributed by atoms with Crippen LogP contribution in [0.2, 0.25) is 0 Å². The molecule has 1 nitrogen and oxygen atoms in total. The van der Waals surface area contributed by atoms with Crippen molar-refractivity contribution in [3.05, 3.63) is 35.4 Å². The maximum absolute atomic E-state index is 3.74. The first-order chi connectivity index (χ1) is 9.33. The van der Waals surface area contributed by atoms with E-state index >= 15 is 0 Å². The van der Waals surface area contributed by atoms with E-state index in [0.29, 0.717) is 0 Å². The van der Waals surface area contributed by atoms with Gasteiger partial charge in [0.05, 0.1) is 0 Å². The molecular formula is C18H29N. The maximum atomic E-state index is 3.74. The summed E-state index contributed by atoms with van der Waals surface area (Å²) in [4.78, 5) is 0. The topological polar surface area (TPSA) is 12.0 Å². The van der Waals surface area contributed by atoms with E-state index in [1.165, 1.54) is 50.6 Å². The lowest BCUT2D eigenvalue weighted by atomic mass is 9.89. The van der Waals surface area contributed by atoms with Gasteiger partial charge in [0.2, 0.25) is 0 Å². The van der Waals surface area contributed by atoms with Gasteiger partial charge in [-0.2, -0.15) is 0 Å². The van der Waals surface area contributed by atoms with Crippen LogP contribution in [0.1, 0.15) is 69.4 Å². The third-order valence-corrected chi connectivity index (χ3v) is 4.44. The number of benzene rings is 1. The van der Waals surface area contributed by atoms with Crippen LogP contribution in [-0.2, 0) is 6.42 Å². The van der Waals surface area contributed by atoms with Crippen molar-refractivity contribution in [2.24, 2.45) is 0 Å². The molecule has 1 fully saturated rings. The van der Waals surface area contributed by atoms with E-state index in [1.807, 2.05) is 0 Å². The van der Waals surface area contributed by atoms with Gasteiger partial charge in [0, 0.05) is 6.04 Å². The molecule has 2 atom stereocenters. The molecule has 0 heterocycles. The predicted molar refractivity (Wildman–Crippen MR) is 83.7 cm³/mol. The molecule has 0 radical (unpaired) electrons. The third-order valence-electron chi connectivity index (χ3n) is 4.44. The molecule has 2 rings (SSSR count). The lowest BCUT2D eigenvalue weighted by Crippen LogP contribution is -2.30. The molecule has 0 saturated heterocycles. The molecule has 2 unspecified atom stereocenters. The van der Waals surface area contributed by atoms with Crippen molar-refractivity contribution in [3.63, 3.8) is 0 Å². The Labute approximate surface area is 118 Å². The van der Waals surface area contributed by atoms with Crippen molar-refractivity contribution in [3.8, 4) is 0 Å². The lowest BCUT2D eigenvalue weighted by molar-refractivity contribution is 0.439. The van der Waals surface area contributed by atoms with Crippen LogP contribution in [0.15, 0.2) is 24.3 Å². The number of hydrogen-bond donors (Lipinski definition) is 1. The summed E-state index contributed by atoms with van der Waals surface area (Å²) in [6, 6.07) is 10.0. The van der Waals surface area contributed by atoms with Gasteiger partial charge in [0.25, 0.3) is 0 Å². The normalized spacial score (nSPS) is 24.1. The highest BCUT2D eigenvalue weighted by molar-refractivity contribution is 5.26. The third kappa shape index (κ3) is 4.35. The molecule has 1 N–H and O–H groups in total. The molecule has 1 saturated carbocycles. The van der Waals surface area contributed by atoms with Crippen LogP contribution in [0, 0.1) is 0 Å². The van der Waals surface area contributed by atoms with E-state index in [0.717, 1.165) is 18.4 Å². The van der Waals surface area contributed by atoms with Gasteiger partial charge in [-0.05, 0) is 55.7 Å². The lowest BCUT2D eigenvalue weighted by Gasteiger charge is -2.22. The summed E-state index contributed by atoms with van der Waals surface area (Å²) in [6.07, 6.45) is 9.25. The smallest absolute Gasteiger partial charge is 0.00728 e. The van der Waals surface area contributed by atoms with Crippen LogP contribution >= 0.6 is 0 Å². The van der Waals surface area contributed by atoms with Crippen LogP contribution in [0.5, 0.6) is 0 Å². The highest BCUT2D eigenvalue weighted by Crippen LogP contribution is 2.32. The summed E-state index contributed by atoms with van der Waals surface area (Å²) in [5.74, 6) is 0.767. The Morgan fingerprint density at radius 2 is 2.00 bits per heavy atom. The molecule has 0 bridgehead atoms. The van der Waals surface area contributed by atoms with Crippen molar-refractivity contribution in [1.29, 1.82) is 0 Å². The Morgan fingerprint density at radius 3 is 2.79 bits per heavy atom. The molecule has 19 heavy (non-hydrogen) atoms. The van der Waals surface area contributed by atoms with Crippen molar-refractivity contribution in [2.75, 3.05) is 6.54 Å². The van der Waals surface area contributed by atoms with Crippen molar-refractivity contribution >= 4 is 0 Å². The number of rotatable bonds is 5. The predicted octanol–water partition coefficient (Wildman–Crippen LogP) is 4.66. The van der Waals surface area contributed by atoms with Gasteiger partial charge in [0.1, 0.15) is 0 Å². The first-order valence-corrected chi connectivity index (χ1v) is 8.15. The fourth-order valence-corrected chi connectivity index (χ4v) is 3.26. The SMILES string of the molecule is CCCNC1CCCCC(c2cccc(CC)c2)C1. The summed E-state index contributed by atoms with van der Waals surface area (Å²) < 4.78 is 0. The maximum Gasteiger partial charge on any atom is 0.00728 e. The van der Waals surface area contributed by atoms with Gasteiger partial charge < -0.3 is 5.32 Å². The minimum Gasteiger partial charge on any atom is -0.314 e. The van der Waals surface area contributed by atoms with E-state index in [-0.39, 0.29) is 0 Å². The van der Waals surface area contributed by atoms with Crippen LogP contribution < -0.4 is 5.32 Å². The van der Waals surface area contributed by atoms with Crippen LogP contribution in [0.25, 0.3) is 0 Å². The Balaban J connectivity index is 2.04. The summed E-state index contributed by atoms with van der Waals surface area (Å²) in [5, 5.41) is 3.74. The molecule has 0 aromatic heterocycles. The standard InChI is InChI=1S/C18H29N/c1-3-12-19-18-11-6-5-9-17(14-18)16-10-7-8-15(4-2)13-16/h7-8,10,13,17-19H,3-6,9,11-12,14H2,1-2H3. The fourth-order valence-electron chi connectivity index (χ4n) is 3.26. The van der Waals surface area contributed by atoms with Crippen molar-refractivity contribution in [1.82, 2.24) is 5.32 Å². The molecule has 1 heteroatoms. The fraction of sp³-hybridized carbons (Fsp3) is 0.667. The second-order valence-electron chi connectivity index (χ2n) is 5.97. The second-order valence-corrected chi connectivity index (χ2v) is 5.97. The second kappa shape index (κ2) is 7.69. The zero-order chi connectivity index (χ0) is 13.5. The molecule has 1 aliphatic carbocycles. The Morgan fingerprint density at radius 1 is 1.16 bits per heavy atom. The first-order valence-electron chi connectivity index (χ1n) is 8.15. The van der Waals surface area contributed by atoms with Crippen molar-refractivity contribution in [2.45, 2.75) is 70.8 Å². The molecule has 0 aliphatic heterocycles. The molecule has 1 aliphatic rings. The molecule has 1 aromatic rings. The number of hydrogen-bond acceptors (Lipinski definition) is 1. The zero-order valence-electron chi connectivity index (χ0n) is 12.6. The van der Waals surface area contributed by atoms with Gasteiger partial charge in [-0.15, -0.1) is 0 Å². The average Bonchev–Trinajstić information content (AvgIpc) is 2.71. The summed E-state index contributed by atoms with van der Waals surface area (Å²) in [7, 11) is 0. The number of nitrogens with one attached hydrogen (secondary N) is 1. The van der Waals surface area contributed by atoms with E-state index < -0.39 is 0 Å². The van der Waals surface area contributed by atoms with Gasteiger partial charge in [-0.25, -0.2) is 0 Å². The van der Waals surface area contributed by atoms with Crippen LogP contribution in [-0.4, -0.2) is 12.6 Å². The molecule has 0 amide bonds. The van der Waals surface area contributed by atoms with E-state index in [9.17, 15) is 0 Å². The minimum atomic E-state index is 0.734. The zero-order valence-corrected chi connectivity index (χ0v) is 12.6. The first kappa shape index (κ1) is 14.6. The summed E-state index contributed by atoms with van der Waals surface area (Å²) in [5.41, 5.74) is 3.06. The highest BCUT2D eigenvalue weighted by atomic mass is 14.9. The van der Waals surface area contributed by atoms with Gasteiger partial charge in [-0.1, -0.05) is 51.0 Å². The highest BCUT2D eigenvalue weighted by Gasteiger charge is 2.21. The Kier molecular flexibility index (Phi) is 5.91. The molecule has 106 valence electrons. The van der Waals surface area contributed by atoms with Crippen LogP contribution in [0.4, 0.5) is 0 Å². The quantitative estimate of drug-likeness (QED) is 0.758. The Hall–Kier alpha value is -0.820. The average molecular weight is 259 g/mol. The largest absolute Gasteiger partial charge is 0.314 e. The molecular weight excluding hydrogens is 230 g/mol. The minimum absolute atomic E-state index is 0.734. The Bertz CT molecular complexity index is 372. The summed E-state index contributed by atoms with van der Waals surface area (Å²) >= 11 is 0. The number of aryl methyl sites for hydroxylation is 1.